The fourth-order valence-corrected chi connectivity index (χ4v) is 3.81. The minimum absolute atomic E-state index is 0.769. The normalized spacial score (nSPS) is 18.3. The zero-order chi connectivity index (χ0) is 11.4. The smallest absolute Gasteiger partial charge is 0.0463 e. The van der Waals surface area contributed by atoms with Crippen LogP contribution in [0.25, 0.3) is 0 Å². The van der Waals surface area contributed by atoms with Gasteiger partial charge in [-0.3, -0.25) is 0 Å². The van der Waals surface area contributed by atoms with Crippen molar-refractivity contribution >= 4 is 33.4 Å². The lowest BCUT2D eigenvalue weighted by molar-refractivity contribution is 0.702. The van der Waals surface area contributed by atoms with Gasteiger partial charge in [0.1, 0.15) is 0 Å². The molecule has 0 spiro atoms. The number of rotatable bonds is 2. The Kier molecular flexibility index (Phi) is 4.59. The molecule has 0 saturated heterocycles. The van der Waals surface area contributed by atoms with Crippen molar-refractivity contribution in [3.05, 3.63) is 22.7 Å². The predicted molar refractivity (Wildman–Crippen MR) is 75.9 cm³/mol. The SMILES string of the molecule is Nc1cc(Br)ccc1SC1CCCCCC1. The van der Waals surface area contributed by atoms with Crippen LogP contribution in [0.2, 0.25) is 0 Å². The standard InChI is InChI=1S/C13H18BrNS/c14-10-7-8-13(12(15)9-10)16-11-5-3-1-2-4-6-11/h7-9,11H,1-6,15H2. The highest BCUT2D eigenvalue weighted by atomic mass is 79.9. The van der Waals surface area contributed by atoms with Crippen LogP contribution >= 0.6 is 27.7 Å². The minimum atomic E-state index is 0.769. The van der Waals surface area contributed by atoms with Crippen molar-refractivity contribution in [1.82, 2.24) is 0 Å². The highest BCUT2D eigenvalue weighted by Gasteiger charge is 2.14. The fraction of sp³-hybridized carbons (Fsp3) is 0.538. The van der Waals surface area contributed by atoms with E-state index >= 15 is 0 Å². The molecule has 1 aliphatic rings. The summed E-state index contributed by atoms with van der Waals surface area (Å²) in [5.41, 5.74) is 6.93. The Balaban J connectivity index is 2.01. The zero-order valence-electron chi connectivity index (χ0n) is 9.42. The second-order valence-corrected chi connectivity index (χ2v) is 6.67. The van der Waals surface area contributed by atoms with Crippen LogP contribution in [-0.2, 0) is 0 Å². The van der Waals surface area contributed by atoms with Gasteiger partial charge >= 0.3 is 0 Å². The summed E-state index contributed by atoms with van der Waals surface area (Å²) in [7, 11) is 0. The van der Waals surface area contributed by atoms with E-state index in [4.69, 9.17) is 5.73 Å². The Labute approximate surface area is 110 Å². The molecule has 0 amide bonds. The van der Waals surface area contributed by atoms with Crippen molar-refractivity contribution in [2.45, 2.75) is 48.7 Å². The first kappa shape index (κ1) is 12.3. The molecule has 1 aromatic carbocycles. The Morgan fingerprint density at radius 3 is 2.44 bits per heavy atom. The molecule has 0 atom stereocenters. The quantitative estimate of drug-likeness (QED) is 0.624. The summed E-state index contributed by atoms with van der Waals surface area (Å²) in [5.74, 6) is 0. The molecule has 88 valence electrons. The van der Waals surface area contributed by atoms with Gasteiger partial charge in [0, 0.05) is 20.3 Å². The van der Waals surface area contributed by atoms with Gasteiger partial charge in [-0.2, -0.15) is 0 Å². The number of nitrogen functional groups attached to an aromatic ring is 1. The monoisotopic (exact) mass is 299 g/mol. The third-order valence-corrected chi connectivity index (χ3v) is 4.99. The van der Waals surface area contributed by atoms with E-state index in [-0.39, 0.29) is 0 Å². The number of nitrogens with two attached hydrogens (primary N) is 1. The maximum Gasteiger partial charge on any atom is 0.0463 e. The molecule has 0 unspecified atom stereocenters. The second-order valence-electron chi connectivity index (χ2n) is 4.41. The third kappa shape index (κ3) is 3.42. The largest absolute Gasteiger partial charge is 0.398 e. The Morgan fingerprint density at radius 1 is 1.12 bits per heavy atom. The summed E-state index contributed by atoms with van der Waals surface area (Å²) in [5, 5.41) is 0.769. The van der Waals surface area contributed by atoms with Gasteiger partial charge in [0.05, 0.1) is 0 Å². The fourth-order valence-electron chi connectivity index (χ4n) is 2.17. The molecular weight excluding hydrogens is 282 g/mol. The van der Waals surface area contributed by atoms with Gasteiger partial charge in [0.2, 0.25) is 0 Å². The van der Waals surface area contributed by atoms with E-state index in [1.807, 2.05) is 17.8 Å². The highest BCUT2D eigenvalue weighted by molar-refractivity contribution is 9.10. The molecule has 3 heteroatoms. The summed E-state index contributed by atoms with van der Waals surface area (Å²) in [6, 6.07) is 6.21. The number of thioether (sulfide) groups is 1. The van der Waals surface area contributed by atoms with Crippen LogP contribution < -0.4 is 5.73 Å². The van der Waals surface area contributed by atoms with Crippen LogP contribution in [0.15, 0.2) is 27.6 Å². The number of halogens is 1. The third-order valence-electron chi connectivity index (χ3n) is 3.07. The van der Waals surface area contributed by atoms with Gasteiger partial charge in [-0.25, -0.2) is 0 Å². The maximum atomic E-state index is 6.03. The van der Waals surface area contributed by atoms with E-state index in [2.05, 4.69) is 28.1 Å². The Bertz CT molecular complexity index is 346. The lowest BCUT2D eigenvalue weighted by Gasteiger charge is -2.14. The summed E-state index contributed by atoms with van der Waals surface area (Å²) in [6.07, 6.45) is 8.28. The average molecular weight is 300 g/mol. The van der Waals surface area contributed by atoms with Crippen molar-refractivity contribution in [2.75, 3.05) is 5.73 Å². The molecule has 16 heavy (non-hydrogen) atoms. The van der Waals surface area contributed by atoms with Gasteiger partial charge in [0.15, 0.2) is 0 Å². The minimum Gasteiger partial charge on any atom is -0.398 e. The summed E-state index contributed by atoms with van der Waals surface area (Å²) in [6.45, 7) is 0. The van der Waals surface area contributed by atoms with Gasteiger partial charge in [0.25, 0.3) is 0 Å². The molecule has 1 nitrogen and oxygen atoms in total. The van der Waals surface area contributed by atoms with E-state index in [9.17, 15) is 0 Å². The molecule has 1 aromatic rings. The van der Waals surface area contributed by atoms with Crippen molar-refractivity contribution in [3.63, 3.8) is 0 Å². The molecule has 0 bridgehead atoms. The Morgan fingerprint density at radius 2 is 1.81 bits per heavy atom. The number of benzene rings is 1. The molecule has 0 heterocycles. The van der Waals surface area contributed by atoms with Gasteiger partial charge < -0.3 is 5.73 Å². The molecule has 1 aliphatic carbocycles. The number of hydrogen-bond acceptors (Lipinski definition) is 2. The summed E-state index contributed by atoms with van der Waals surface area (Å²) in [4.78, 5) is 1.25. The van der Waals surface area contributed by atoms with E-state index in [1.165, 1.54) is 43.4 Å². The molecule has 1 saturated carbocycles. The van der Waals surface area contributed by atoms with Crippen LogP contribution in [0.4, 0.5) is 5.69 Å². The van der Waals surface area contributed by atoms with Crippen LogP contribution in [-0.4, -0.2) is 5.25 Å². The maximum absolute atomic E-state index is 6.03. The zero-order valence-corrected chi connectivity index (χ0v) is 11.8. The van der Waals surface area contributed by atoms with Crippen molar-refractivity contribution in [1.29, 1.82) is 0 Å². The molecule has 1 fully saturated rings. The van der Waals surface area contributed by atoms with E-state index < -0.39 is 0 Å². The number of hydrogen-bond donors (Lipinski definition) is 1. The molecule has 0 radical (unpaired) electrons. The van der Waals surface area contributed by atoms with Crippen molar-refractivity contribution in [2.24, 2.45) is 0 Å². The molecular formula is C13H18BrNS. The molecule has 2 N–H and O–H groups in total. The van der Waals surface area contributed by atoms with Crippen LogP contribution in [0, 0.1) is 0 Å². The molecule has 0 aliphatic heterocycles. The predicted octanol–water partition coefficient (Wildman–Crippen LogP) is 4.85. The summed E-state index contributed by atoms with van der Waals surface area (Å²) >= 11 is 5.41. The first-order valence-corrected chi connectivity index (χ1v) is 7.64. The van der Waals surface area contributed by atoms with E-state index in [0.717, 1.165) is 15.4 Å². The Hall–Kier alpha value is -0.150. The number of anilines is 1. The first-order chi connectivity index (χ1) is 7.75. The van der Waals surface area contributed by atoms with E-state index in [0.29, 0.717) is 0 Å². The van der Waals surface area contributed by atoms with Crippen LogP contribution in [0.1, 0.15) is 38.5 Å². The average Bonchev–Trinajstić information content (AvgIpc) is 2.51. The van der Waals surface area contributed by atoms with Crippen LogP contribution in [0.5, 0.6) is 0 Å². The van der Waals surface area contributed by atoms with Gasteiger partial charge in [-0.05, 0) is 31.0 Å². The van der Waals surface area contributed by atoms with Crippen molar-refractivity contribution < 1.29 is 0 Å². The van der Waals surface area contributed by atoms with Crippen molar-refractivity contribution in [3.8, 4) is 0 Å². The first-order valence-electron chi connectivity index (χ1n) is 5.97. The molecule has 0 aromatic heterocycles. The summed E-state index contributed by atoms with van der Waals surface area (Å²) < 4.78 is 1.07. The van der Waals surface area contributed by atoms with Gasteiger partial charge in [-0.15, -0.1) is 11.8 Å². The highest BCUT2D eigenvalue weighted by Crippen LogP contribution is 2.36. The van der Waals surface area contributed by atoms with Crippen LogP contribution in [0.3, 0.4) is 0 Å². The van der Waals surface area contributed by atoms with E-state index in [1.54, 1.807) is 0 Å². The lowest BCUT2D eigenvalue weighted by atomic mass is 10.2. The second kappa shape index (κ2) is 5.97. The topological polar surface area (TPSA) is 26.0 Å². The molecule has 2 rings (SSSR count). The lowest BCUT2D eigenvalue weighted by Crippen LogP contribution is -2.01. The van der Waals surface area contributed by atoms with Gasteiger partial charge in [-0.1, -0.05) is 41.6 Å².